The lowest BCUT2D eigenvalue weighted by Crippen LogP contribution is -2.35. The second-order valence-corrected chi connectivity index (χ2v) is 9.02. The SMILES string of the molecule is Cc1sc(-c2cccc(OC(F)(F)F)c2)cc1C(=O)Nc1nc(CN2CCOCC2)ns1. The van der Waals surface area contributed by atoms with Crippen LogP contribution in [0, 0.1) is 6.92 Å². The monoisotopic (exact) mass is 484 g/mol. The molecule has 0 radical (unpaired) electrons. The molecule has 0 aliphatic carbocycles. The molecule has 3 heterocycles. The smallest absolute Gasteiger partial charge is 0.406 e. The number of anilines is 1. The Bertz CT molecular complexity index is 1090. The number of amides is 1. The number of rotatable bonds is 6. The number of aryl methyl sites for hydroxylation is 1. The van der Waals surface area contributed by atoms with Crippen molar-refractivity contribution >= 4 is 33.9 Å². The van der Waals surface area contributed by atoms with Gasteiger partial charge in [0.05, 0.1) is 25.3 Å². The van der Waals surface area contributed by atoms with E-state index in [-0.39, 0.29) is 11.7 Å². The highest BCUT2D eigenvalue weighted by atomic mass is 32.1. The molecule has 0 unspecified atom stereocenters. The summed E-state index contributed by atoms with van der Waals surface area (Å²) in [6, 6.07) is 7.32. The topological polar surface area (TPSA) is 76.6 Å². The minimum absolute atomic E-state index is 0.311. The van der Waals surface area contributed by atoms with Gasteiger partial charge in [-0.3, -0.25) is 15.0 Å². The number of hydrogen-bond acceptors (Lipinski definition) is 8. The molecule has 3 aromatic rings. The van der Waals surface area contributed by atoms with Crippen LogP contribution < -0.4 is 10.1 Å². The van der Waals surface area contributed by atoms with Crippen molar-refractivity contribution < 1.29 is 27.4 Å². The lowest BCUT2D eigenvalue weighted by Gasteiger charge is -2.25. The van der Waals surface area contributed by atoms with Gasteiger partial charge in [-0.1, -0.05) is 12.1 Å². The van der Waals surface area contributed by atoms with Crippen molar-refractivity contribution in [1.82, 2.24) is 14.3 Å². The van der Waals surface area contributed by atoms with Crippen LogP contribution in [-0.4, -0.2) is 52.8 Å². The Morgan fingerprint density at radius 3 is 2.81 bits per heavy atom. The molecule has 1 saturated heterocycles. The van der Waals surface area contributed by atoms with Crippen molar-refractivity contribution in [2.75, 3.05) is 31.6 Å². The van der Waals surface area contributed by atoms with E-state index in [4.69, 9.17) is 4.74 Å². The van der Waals surface area contributed by atoms with Crippen molar-refractivity contribution in [3.63, 3.8) is 0 Å². The van der Waals surface area contributed by atoms with Crippen LogP contribution in [0.25, 0.3) is 10.4 Å². The lowest BCUT2D eigenvalue weighted by atomic mass is 10.1. The average molecular weight is 485 g/mol. The fourth-order valence-electron chi connectivity index (χ4n) is 3.19. The van der Waals surface area contributed by atoms with Crippen molar-refractivity contribution in [1.29, 1.82) is 0 Å². The van der Waals surface area contributed by atoms with Gasteiger partial charge in [-0.2, -0.15) is 4.37 Å². The zero-order valence-corrected chi connectivity index (χ0v) is 18.6. The van der Waals surface area contributed by atoms with Crippen LogP contribution in [0.15, 0.2) is 30.3 Å². The summed E-state index contributed by atoms with van der Waals surface area (Å²) in [4.78, 5) is 20.7. The maximum absolute atomic E-state index is 12.8. The molecule has 1 N–H and O–H groups in total. The Kier molecular flexibility index (Phi) is 6.74. The first-order valence-electron chi connectivity index (χ1n) is 9.67. The van der Waals surface area contributed by atoms with Gasteiger partial charge in [0, 0.05) is 34.4 Å². The molecule has 0 spiro atoms. The minimum atomic E-state index is -4.77. The molecule has 4 rings (SSSR count). The Morgan fingerprint density at radius 2 is 2.06 bits per heavy atom. The molecule has 0 atom stereocenters. The number of carbonyl (C=O) groups is 1. The number of nitrogens with one attached hydrogen (secondary N) is 1. The van der Waals surface area contributed by atoms with E-state index >= 15 is 0 Å². The normalized spacial score (nSPS) is 15.0. The van der Waals surface area contributed by atoms with Crippen molar-refractivity contribution in [2.45, 2.75) is 19.8 Å². The van der Waals surface area contributed by atoms with Crippen molar-refractivity contribution in [2.24, 2.45) is 0 Å². The third-order valence-corrected chi connectivity index (χ3v) is 6.44. The minimum Gasteiger partial charge on any atom is -0.406 e. The number of nitrogens with zero attached hydrogens (tertiary/aromatic N) is 3. The second kappa shape index (κ2) is 9.53. The number of morpholine rings is 1. The summed E-state index contributed by atoms with van der Waals surface area (Å²) in [5.74, 6) is -0.0214. The lowest BCUT2D eigenvalue weighted by molar-refractivity contribution is -0.274. The fourth-order valence-corrected chi connectivity index (χ4v) is 4.78. The number of halogens is 3. The molecule has 1 fully saturated rings. The third kappa shape index (κ3) is 5.82. The van der Waals surface area contributed by atoms with Crippen LogP contribution in [0.1, 0.15) is 21.1 Å². The molecular formula is C20H19F3N4O3S2. The predicted octanol–water partition coefficient (Wildman–Crippen LogP) is 4.56. The highest BCUT2D eigenvalue weighted by Crippen LogP contribution is 2.34. The zero-order valence-electron chi connectivity index (χ0n) is 16.9. The maximum Gasteiger partial charge on any atom is 0.573 e. The quantitative estimate of drug-likeness (QED) is 0.553. The number of thiophene rings is 1. The first-order valence-corrected chi connectivity index (χ1v) is 11.3. The molecule has 12 heteroatoms. The molecule has 0 saturated carbocycles. The van der Waals surface area contributed by atoms with Crippen LogP contribution in [0.2, 0.25) is 0 Å². The van der Waals surface area contributed by atoms with Crippen LogP contribution in [0.4, 0.5) is 18.3 Å². The number of alkyl halides is 3. The van der Waals surface area contributed by atoms with E-state index < -0.39 is 6.36 Å². The van der Waals surface area contributed by atoms with Crippen LogP contribution >= 0.6 is 22.9 Å². The zero-order chi connectivity index (χ0) is 22.7. The molecule has 1 aliphatic heterocycles. The summed E-state index contributed by atoms with van der Waals surface area (Å²) >= 11 is 2.42. The van der Waals surface area contributed by atoms with Gasteiger partial charge >= 0.3 is 6.36 Å². The van der Waals surface area contributed by atoms with E-state index in [1.54, 1.807) is 19.1 Å². The summed E-state index contributed by atoms with van der Waals surface area (Å²) < 4.78 is 51.1. The number of benzene rings is 1. The average Bonchev–Trinajstić information content (AvgIpc) is 3.34. The van der Waals surface area contributed by atoms with E-state index in [0.29, 0.717) is 46.7 Å². The summed E-state index contributed by atoms with van der Waals surface area (Å²) in [7, 11) is 0. The highest BCUT2D eigenvalue weighted by molar-refractivity contribution is 7.15. The van der Waals surface area contributed by atoms with Gasteiger partial charge < -0.3 is 9.47 Å². The summed E-state index contributed by atoms with van der Waals surface area (Å²) in [6.07, 6.45) is -4.77. The molecule has 32 heavy (non-hydrogen) atoms. The Balaban J connectivity index is 1.44. The third-order valence-electron chi connectivity index (χ3n) is 4.67. The molecule has 1 aromatic carbocycles. The number of ether oxygens (including phenoxy) is 2. The van der Waals surface area contributed by atoms with Gasteiger partial charge in [0.2, 0.25) is 5.13 Å². The standard InChI is InChI=1S/C20H19F3N4O3S2/c1-12-15(10-16(31-12)13-3-2-4-14(9-13)30-20(21,22)23)18(28)25-19-24-17(26-32-19)11-27-5-7-29-8-6-27/h2-4,9-10H,5-8,11H2,1H3,(H,24,25,26,28). The Hall–Kier alpha value is -2.54. The van der Waals surface area contributed by atoms with Gasteiger partial charge in [-0.15, -0.1) is 24.5 Å². The van der Waals surface area contributed by atoms with Gasteiger partial charge in [0.25, 0.3) is 5.91 Å². The van der Waals surface area contributed by atoms with Crippen LogP contribution in [0.5, 0.6) is 5.75 Å². The molecular weight excluding hydrogens is 465 g/mol. The summed E-state index contributed by atoms with van der Waals surface area (Å²) in [6.45, 7) is 5.36. The molecule has 1 aliphatic rings. The summed E-state index contributed by atoms with van der Waals surface area (Å²) in [5.41, 5.74) is 0.958. The Labute approximate surface area is 190 Å². The molecule has 170 valence electrons. The molecule has 7 nitrogen and oxygen atoms in total. The maximum atomic E-state index is 12.8. The first kappa shape index (κ1) is 22.6. The van der Waals surface area contributed by atoms with E-state index in [0.717, 1.165) is 29.5 Å². The Morgan fingerprint density at radius 1 is 1.28 bits per heavy atom. The van der Waals surface area contributed by atoms with Gasteiger partial charge in [0.1, 0.15) is 5.75 Å². The van der Waals surface area contributed by atoms with Gasteiger partial charge in [-0.05, 0) is 30.7 Å². The van der Waals surface area contributed by atoms with Gasteiger partial charge in [-0.25, -0.2) is 4.98 Å². The predicted molar refractivity (Wildman–Crippen MR) is 115 cm³/mol. The summed E-state index contributed by atoms with van der Waals surface area (Å²) in [5, 5.41) is 3.15. The number of carbonyl (C=O) groups excluding carboxylic acids is 1. The number of hydrogen-bond donors (Lipinski definition) is 1. The van der Waals surface area contributed by atoms with Crippen molar-refractivity contribution in [3.05, 3.63) is 46.6 Å². The van der Waals surface area contributed by atoms with E-state index in [1.165, 1.54) is 29.5 Å². The second-order valence-electron chi connectivity index (χ2n) is 7.01. The number of aromatic nitrogens is 2. The van der Waals surface area contributed by atoms with Crippen LogP contribution in [0.3, 0.4) is 0 Å². The molecule has 1 amide bonds. The fraction of sp³-hybridized carbons (Fsp3) is 0.350. The van der Waals surface area contributed by atoms with Crippen molar-refractivity contribution in [3.8, 4) is 16.2 Å². The largest absolute Gasteiger partial charge is 0.573 e. The van der Waals surface area contributed by atoms with E-state index in [2.05, 4.69) is 24.3 Å². The molecule has 2 aromatic heterocycles. The van der Waals surface area contributed by atoms with Crippen LogP contribution in [-0.2, 0) is 11.3 Å². The van der Waals surface area contributed by atoms with E-state index in [9.17, 15) is 18.0 Å². The highest BCUT2D eigenvalue weighted by Gasteiger charge is 2.31. The van der Waals surface area contributed by atoms with Gasteiger partial charge in [0.15, 0.2) is 5.82 Å². The molecule has 0 bridgehead atoms. The van der Waals surface area contributed by atoms with E-state index in [1.807, 2.05) is 0 Å². The first-order chi connectivity index (χ1) is 15.3.